The van der Waals surface area contributed by atoms with Gasteiger partial charge >= 0.3 is 6.03 Å². The van der Waals surface area contributed by atoms with Crippen LogP contribution >= 0.6 is 23.1 Å². The molecule has 3 N–H and O–H groups in total. The van der Waals surface area contributed by atoms with E-state index in [9.17, 15) is 9.59 Å². The van der Waals surface area contributed by atoms with Crippen LogP contribution in [0.2, 0.25) is 0 Å². The van der Waals surface area contributed by atoms with Gasteiger partial charge in [0, 0.05) is 11.7 Å². The van der Waals surface area contributed by atoms with Crippen molar-refractivity contribution in [3.8, 4) is 0 Å². The Morgan fingerprint density at radius 3 is 2.78 bits per heavy atom. The molecule has 1 heterocycles. The van der Waals surface area contributed by atoms with Crippen LogP contribution in [-0.4, -0.2) is 33.9 Å². The van der Waals surface area contributed by atoms with E-state index < -0.39 is 6.03 Å². The molecule has 0 aliphatic heterocycles. The van der Waals surface area contributed by atoms with Crippen molar-refractivity contribution in [2.45, 2.75) is 49.9 Å². The lowest BCUT2D eigenvalue weighted by atomic mass is 10.1. The number of rotatable bonds is 6. The summed E-state index contributed by atoms with van der Waals surface area (Å²) in [5.74, 6) is -0.217. The summed E-state index contributed by atoms with van der Waals surface area (Å²) in [7, 11) is 0. The predicted octanol–water partition coefficient (Wildman–Crippen LogP) is 3.76. The molecule has 1 aromatic carbocycles. The standard InChI is InChI=1S/C18H23N5O2S2/c1-11-6-5-9-14(12(11)2)20-17-22-23-18(27-17)26-10-15(24)21-16(25)19-13-7-3-4-8-13/h5-6,9,13H,3-4,7-8,10H2,1-2H3,(H,20,22)(H2,19,21,24,25). The second-order valence-corrected chi connectivity index (χ2v) is 8.74. The van der Waals surface area contributed by atoms with Crippen molar-refractivity contribution in [1.29, 1.82) is 0 Å². The van der Waals surface area contributed by atoms with E-state index in [2.05, 4.69) is 46.1 Å². The van der Waals surface area contributed by atoms with Crippen molar-refractivity contribution >= 4 is 45.9 Å². The number of carbonyl (C=O) groups is 2. The maximum Gasteiger partial charge on any atom is 0.321 e. The van der Waals surface area contributed by atoms with Gasteiger partial charge in [-0.25, -0.2) is 4.79 Å². The molecule has 0 spiro atoms. The number of aryl methyl sites for hydroxylation is 1. The first kappa shape index (κ1) is 19.6. The molecule has 3 rings (SSSR count). The monoisotopic (exact) mass is 405 g/mol. The van der Waals surface area contributed by atoms with Crippen molar-refractivity contribution in [1.82, 2.24) is 20.8 Å². The number of imide groups is 1. The van der Waals surface area contributed by atoms with Crippen molar-refractivity contribution < 1.29 is 9.59 Å². The Bertz CT molecular complexity index is 818. The van der Waals surface area contributed by atoms with Crippen molar-refractivity contribution in [2.75, 3.05) is 11.1 Å². The van der Waals surface area contributed by atoms with Crippen molar-refractivity contribution in [3.05, 3.63) is 29.3 Å². The summed E-state index contributed by atoms with van der Waals surface area (Å²) in [6.07, 6.45) is 4.23. The van der Waals surface area contributed by atoms with Gasteiger partial charge in [-0.05, 0) is 43.9 Å². The number of benzene rings is 1. The average Bonchev–Trinajstić information content (AvgIpc) is 3.29. The SMILES string of the molecule is Cc1cccc(Nc2nnc(SCC(=O)NC(=O)NC3CCCC3)s2)c1C. The smallest absolute Gasteiger partial charge is 0.321 e. The number of urea groups is 1. The average molecular weight is 406 g/mol. The first-order valence-corrected chi connectivity index (χ1v) is 10.7. The molecule has 0 bridgehead atoms. The van der Waals surface area contributed by atoms with Crippen LogP contribution in [-0.2, 0) is 4.79 Å². The van der Waals surface area contributed by atoms with E-state index in [1.165, 1.54) is 28.7 Å². The van der Waals surface area contributed by atoms with Crippen molar-refractivity contribution in [2.24, 2.45) is 0 Å². The molecule has 1 saturated carbocycles. The molecule has 0 unspecified atom stereocenters. The van der Waals surface area contributed by atoms with Gasteiger partial charge in [0.05, 0.1) is 5.75 Å². The molecular formula is C18H23N5O2S2. The molecule has 0 atom stereocenters. The van der Waals surface area contributed by atoms with Gasteiger partial charge in [0.15, 0.2) is 4.34 Å². The van der Waals surface area contributed by atoms with E-state index in [1.807, 2.05) is 12.1 Å². The Balaban J connectivity index is 1.45. The summed E-state index contributed by atoms with van der Waals surface area (Å²) in [4.78, 5) is 23.7. The number of anilines is 2. The Morgan fingerprint density at radius 2 is 2.00 bits per heavy atom. The quantitative estimate of drug-likeness (QED) is 0.633. The van der Waals surface area contributed by atoms with Gasteiger partial charge in [-0.1, -0.05) is 48.1 Å². The zero-order valence-corrected chi connectivity index (χ0v) is 17.0. The normalized spacial score (nSPS) is 14.1. The van der Waals surface area contributed by atoms with E-state index in [-0.39, 0.29) is 17.7 Å². The van der Waals surface area contributed by atoms with Crippen LogP contribution in [0.3, 0.4) is 0 Å². The fraction of sp³-hybridized carbons (Fsp3) is 0.444. The molecule has 2 aromatic rings. The molecule has 144 valence electrons. The number of amides is 3. The fourth-order valence-corrected chi connectivity index (χ4v) is 4.47. The zero-order valence-electron chi connectivity index (χ0n) is 15.4. The maximum absolute atomic E-state index is 11.9. The summed E-state index contributed by atoms with van der Waals surface area (Å²) < 4.78 is 0.675. The predicted molar refractivity (Wildman–Crippen MR) is 109 cm³/mol. The summed E-state index contributed by atoms with van der Waals surface area (Å²) in [5, 5.41) is 17.3. The third kappa shape index (κ3) is 5.67. The highest BCUT2D eigenvalue weighted by Crippen LogP contribution is 2.29. The molecule has 0 saturated heterocycles. The van der Waals surface area contributed by atoms with Gasteiger partial charge in [0.2, 0.25) is 11.0 Å². The van der Waals surface area contributed by atoms with E-state index >= 15 is 0 Å². The van der Waals surface area contributed by atoms with Crippen LogP contribution in [0, 0.1) is 13.8 Å². The number of hydrogen-bond donors (Lipinski definition) is 3. The van der Waals surface area contributed by atoms with Gasteiger partial charge in [-0.15, -0.1) is 10.2 Å². The summed E-state index contributed by atoms with van der Waals surface area (Å²) in [6.45, 7) is 4.11. The molecule has 3 amide bonds. The molecule has 7 nitrogen and oxygen atoms in total. The van der Waals surface area contributed by atoms with Gasteiger partial charge in [0.1, 0.15) is 0 Å². The minimum Gasteiger partial charge on any atom is -0.335 e. The third-order valence-corrected chi connectivity index (χ3v) is 6.49. The number of thioether (sulfide) groups is 1. The first-order chi connectivity index (χ1) is 13.0. The van der Waals surface area contributed by atoms with Gasteiger partial charge in [-0.3, -0.25) is 10.1 Å². The van der Waals surface area contributed by atoms with Crippen LogP contribution < -0.4 is 16.0 Å². The molecule has 1 aliphatic carbocycles. The Labute approximate surface area is 166 Å². The fourth-order valence-electron chi connectivity index (χ4n) is 2.90. The van der Waals surface area contributed by atoms with Crippen LogP contribution in [0.25, 0.3) is 0 Å². The van der Waals surface area contributed by atoms with Crippen LogP contribution in [0.15, 0.2) is 22.5 Å². The van der Waals surface area contributed by atoms with Crippen LogP contribution in [0.5, 0.6) is 0 Å². The summed E-state index contributed by atoms with van der Waals surface area (Å²) in [5.41, 5.74) is 3.35. The topological polar surface area (TPSA) is 96.0 Å². The lowest BCUT2D eigenvalue weighted by molar-refractivity contribution is -0.117. The lowest BCUT2D eigenvalue weighted by Crippen LogP contribution is -2.44. The molecule has 1 aliphatic rings. The second kappa shape index (κ2) is 9.18. The Hall–Kier alpha value is -2.13. The second-order valence-electron chi connectivity index (χ2n) is 6.54. The number of hydrogen-bond acceptors (Lipinski definition) is 7. The number of aromatic nitrogens is 2. The molecule has 1 aromatic heterocycles. The highest BCUT2D eigenvalue weighted by Gasteiger charge is 2.18. The number of carbonyl (C=O) groups excluding carboxylic acids is 2. The van der Waals surface area contributed by atoms with E-state index in [4.69, 9.17) is 0 Å². The van der Waals surface area contributed by atoms with Gasteiger partial charge in [0.25, 0.3) is 0 Å². The zero-order chi connectivity index (χ0) is 19.2. The summed E-state index contributed by atoms with van der Waals surface area (Å²) >= 11 is 2.64. The highest BCUT2D eigenvalue weighted by atomic mass is 32.2. The third-order valence-electron chi connectivity index (χ3n) is 4.52. The molecule has 0 radical (unpaired) electrons. The number of nitrogens with zero attached hydrogens (tertiary/aromatic N) is 2. The number of nitrogens with one attached hydrogen (secondary N) is 3. The lowest BCUT2D eigenvalue weighted by Gasteiger charge is -2.11. The Kier molecular flexibility index (Phi) is 6.68. The van der Waals surface area contributed by atoms with Gasteiger partial charge < -0.3 is 10.6 Å². The minimum atomic E-state index is -0.415. The van der Waals surface area contributed by atoms with Crippen LogP contribution in [0.4, 0.5) is 15.6 Å². The molecule has 9 heteroatoms. The largest absolute Gasteiger partial charge is 0.335 e. The molecule has 27 heavy (non-hydrogen) atoms. The first-order valence-electron chi connectivity index (χ1n) is 8.91. The molecular weight excluding hydrogens is 382 g/mol. The maximum atomic E-state index is 11.9. The van der Waals surface area contributed by atoms with E-state index in [0.29, 0.717) is 9.47 Å². The molecule has 1 fully saturated rings. The highest BCUT2D eigenvalue weighted by molar-refractivity contribution is 8.01. The van der Waals surface area contributed by atoms with E-state index in [1.54, 1.807) is 0 Å². The summed E-state index contributed by atoms with van der Waals surface area (Å²) in [6, 6.07) is 5.81. The van der Waals surface area contributed by atoms with Crippen LogP contribution in [0.1, 0.15) is 36.8 Å². The van der Waals surface area contributed by atoms with Crippen molar-refractivity contribution in [3.63, 3.8) is 0 Å². The minimum absolute atomic E-state index is 0.121. The van der Waals surface area contributed by atoms with Gasteiger partial charge in [-0.2, -0.15) is 0 Å². The van der Waals surface area contributed by atoms with E-state index in [0.717, 1.165) is 36.9 Å². The Morgan fingerprint density at radius 1 is 1.22 bits per heavy atom.